The maximum atomic E-state index is 13.2. The van der Waals surface area contributed by atoms with Crippen molar-refractivity contribution in [3.8, 4) is 6.07 Å². The molecule has 1 fully saturated rings. The predicted molar refractivity (Wildman–Crippen MR) is 99.9 cm³/mol. The molecule has 2 aromatic carbocycles. The third-order valence-electron chi connectivity index (χ3n) is 5.81. The van der Waals surface area contributed by atoms with Crippen LogP contribution in [-0.2, 0) is 6.42 Å². The van der Waals surface area contributed by atoms with E-state index in [2.05, 4.69) is 22.1 Å². The Balaban J connectivity index is 0.00000180. The minimum atomic E-state index is 0. The highest BCUT2D eigenvalue weighted by Gasteiger charge is 2.41. The summed E-state index contributed by atoms with van der Waals surface area (Å²) >= 11 is 0. The first kappa shape index (κ1) is 15.2. The van der Waals surface area contributed by atoms with Crippen molar-refractivity contribution in [1.82, 2.24) is 14.9 Å². The van der Waals surface area contributed by atoms with Crippen molar-refractivity contribution in [1.29, 1.82) is 5.26 Å². The van der Waals surface area contributed by atoms with Crippen molar-refractivity contribution >= 4 is 16.9 Å². The molecule has 1 saturated heterocycles. The SMILES string of the molecule is N#Cc1ccc2c(c1)C1CCCN(C(=O)c3ccc4nc[nH]c4c3)C1C2.[HH]. The third kappa shape index (κ3) is 2.22. The predicted octanol–water partition coefficient (Wildman–Crippen LogP) is 3.63. The van der Waals surface area contributed by atoms with Crippen molar-refractivity contribution in [2.45, 2.75) is 31.2 Å². The molecule has 5 nitrogen and oxygen atoms in total. The topological polar surface area (TPSA) is 72.8 Å². The van der Waals surface area contributed by atoms with Gasteiger partial charge in [0.1, 0.15) is 0 Å². The van der Waals surface area contributed by atoms with Crippen LogP contribution in [0.4, 0.5) is 0 Å². The van der Waals surface area contributed by atoms with Crippen LogP contribution in [0.3, 0.4) is 0 Å². The minimum absolute atomic E-state index is 0. The average Bonchev–Trinajstić information content (AvgIpc) is 3.30. The fraction of sp³-hybridized carbons (Fsp3) is 0.286. The number of aromatic nitrogens is 2. The Morgan fingerprint density at radius 2 is 2.23 bits per heavy atom. The number of hydrogen-bond donors (Lipinski definition) is 1. The molecule has 1 aliphatic carbocycles. The van der Waals surface area contributed by atoms with Crippen LogP contribution in [0.2, 0.25) is 0 Å². The summed E-state index contributed by atoms with van der Waals surface area (Å²) in [5.41, 5.74) is 5.71. The summed E-state index contributed by atoms with van der Waals surface area (Å²) in [6, 6.07) is 14.0. The zero-order valence-electron chi connectivity index (χ0n) is 14.3. The Morgan fingerprint density at radius 3 is 3.12 bits per heavy atom. The molecule has 2 heterocycles. The van der Waals surface area contributed by atoms with Crippen LogP contribution in [0, 0.1) is 11.3 Å². The van der Waals surface area contributed by atoms with Gasteiger partial charge in [0.25, 0.3) is 5.91 Å². The third-order valence-corrected chi connectivity index (χ3v) is 5.81. The number of H-pyrrole nitrogens is 1. The van der Waals surface area contributed by atoms with E-state index in [9.17, 15) is 10.1 Å². The molecule has 0 spiro atoms. The number of rotatable bonds is 1. The van der Waals surface area contributed by atoms with Gasteiger partial charge in [-0.3, -0.25) is 4.79 Å². The molecule has 0 saturated carbocycles. The molecule has 1 N–H and O–H groups in total. The van der Waals surface area contributed by atoms with E-state index in [0.29, 0.717) is 17.0 Å². The van der Waals surface area contributed by atoms with Gasteiger partial charge < -0.3 is 9.88 Å². The molecular weight excluding hydrogens is 324 g/mol. The number of benzene rings is 2. The second-order valence-corrected chi connectivity index (χ2v) is 7.18. The lowest BCUT2D eigenvalue weighted by Gasteiger charge is -2.38. The fourth-order valence-corrected chi connectivity index (χ4v) is 4.58. The number of amides is 1. The number of imidazole rings is 1. The number of hydrogen-bond acceptors (Lipinski definition) is 3. The molecule has 1 aliphatic heterocycles. The lowest BCUT2D eigenvalue weighted by atomic mass is 9.88. The summed E-state index contributed by atoms with van der Waals surface area (Å²) in [7, 11) is 0. The van der Waals surface area contributed by atoms with Crippen LogP contribution < -0.4 is 0 Å². The lowest BCUT2D eigenvalue weighted by molar-refractivity contribution is 0.0595. The van der Waals surface area contributed by atoms with Gasteiger partial charge in [-0.25, -0.2) is 4.98 Å². The van der Waals surface area contributed by atoms with Crippen LogP contribution in [0.25, 0.3) is 11.0 Å². The molecule has 5 heteroatoms. The molecule has 2 atom stereocenters. The van der Waals surface area contributed by atoms with E-state index in [0.717, 1.165) is 36.8 Å². The van der Waals surface area contributed by atoms with Crippen LogP contribution in [0.1, 0.15) is 47.2 Å². The van der Waals surface area contributed by atoms with Crippen molar-refractivity contribution in [2.24, 2.45) is 0 Å². The van der Waals surface area contributed by atoms with Crippen molar-refractivity contribution in [2.75, 3.05) is 6.54 Å². The second kappa shape index (κ2) is 5.70. The fourth-order valence-electron chi connectivity index (χ4n) is 4.58. The molecule has 0 bridgehead atoms. The molecule has 26 heavy (non-hydrogen) atoms. The zero-order valence-corrected chi connectivity index (χ0v) is 14.3. The number of aromatic amines is 1. The Bertz CT molecular complexity index is 1070. The molecule has 1 aromatic heterocycles. The van der Waals surface area contributed by atoms with Gasteiger partial charge in [0.2, 0.25) is 0 Å². The highest BCUT2D eigenvalue weighted by molar-refractivity contribution is 5.97. The van der Waals surface area contributed by atoms with E-state index in [1.165, 1.54) is 11.1 Å². The van der Waals surface area contributed by atoms with E-state index < -0.39 is 0 Å². The van der Waals surface area contributed by atoms with Gasteiger partial charge in [0, 0.05) is 25.5 Å². The first-order valence-corrected chi connectivity index (χ1v) is 9.01. The van der Waals surface area contributed by atoms with Gasteiger partial charge in [-0.1, -0.05) is 6.07 Å². The maximum absolute atomic E-state index is 13.2. The quantitative estimate of drug-likeness (QED) is 0.733. The van der Waals surface area contributed by atoms with Crippen molar-refractivity contribution < 1.29 is 6.22 Å². The van der Waals surface area contributed by atoms with Crippen LogP contribution >= 0.6 is 0 Å². The van der Waals surface area contributed by atoms with E-state index in [1.807, 2.05) is 35.2 Å². The number of nitriles is 1. The number of carbonyl (C=O) groups excluding carboxylic acids is 1. The maximum Gasteiger partial charge on any atom is 0.254 e. The molecule has 2 aliphatic rings. The van der Waals surface area contributed by atoms with E-state index in [4.69, 9.17) is 0 Å². The van der Waals surface area contributed by atoms with Crippen molar-refractivity contribution in [3.05, 3.63) is 65.0 Å². The Labute approximate surface area is 152 Å². The van der Waals surface area contributed by atoms with Gasteiger partial charge in [-0.15, -0.1) is 0 Å². The summed E-state index contributed by atoms with van der Waals surface area (Å²) in [5.74, 6) is 0.427. The summed E-state index contributed by atoms with van der Waals surface area (Å²) in [4.78, 5) is 22.6. The molecule has 1 amide bonds. The smallest absolute Gasteiger partial charge is 0.254 e. The Morgan fingerprint density at radius 1 is 1.31 bits per heavy atom. The second-order valence-electron chi connectivity index (χ2n) is 7.18. The molecule has 0 radical (unpaired) electrons. The standard InChI is InChI=1S/C21H18N4O.H2/c22-11-13-3-4-14-10-20-16(17(14)8-13)2-1-7-25(20)21(26)15-5-6-18-19(9-15)24-12-23-18;/h3-6,8-9,12,16,20H,1-2,7,10H2,(H,23,24);1H. The van der Waals surface area contributed by atoms with E-state index in [1.54, 1.807) is 6.33 Å². The van der Waals surface area contributed by atoms with Crippen LogP contribution in [0.5, 0.6) is 0 Å². The zero-order chi connectivity index (χ0) is 17.7. The van der Waals surface area contributed by atoms with E-state index in [-0.39, 0.29) is 13.4 Å². The van der Waals surface area contributed by atoms with Crippen molar-refractivity contribution in [3.63, 3.8) is 0 Å². The molecule has 3 aromatic rings. The summed E-state index contributed by atoms with van der Waals surface area (Å²) in [6.07, 6.45) is 4.60. The average molecular weight is 344 g/mol. The number of fused-ring (bicyclic) bond motifs is 4. The highest BCUT2D eigenvalue weighted by atomic mass is 16.2. The first-order valence-electron chi connectivity index (χ1n) is 9.01. The van der Waals surface area contributed by atoms with Crippen LogP contribution in [-0.4, -0.2) is 33.4 Å². The summed E-state index contributed by atoms with van der Waals surface area (Å²) < 4.78 is 0. The number of nitrogens with zero attached hydrogens (tertiary/aromatic N) is 3. The molecule has 130 valence electrons. The van der Waals surface area contributed by atoms with Crippen LogP contribution in [0.15, 0.2) is 42.7 Å². The monoisotopic (exact) mass is 344 g/mol. The minimum Gasteiger partial charge on any atom is -0.345 e. The van der Waals surface area contributed by atoms with Gasteiger partial charge in [-0.2, -0.15) is 5.26 Å². The summed E-state index contributed by atoms with van der Waals surface area (Å²) in [6.45, 7) is 0.792. The highest BCUT2D eigenvalue weighted by Crippen LogP contribution is 2.42. The van der Waals surface area contributed by atoms with E-state index >= 15 is 0 Å². The Kier molecular flexibility index (Phi) is 3.32. The summed E-state index contributed by atoms with van der Waals surface area (Å²) in [5, 5.41) is 9.20. The normalized spacial score (nSPS) is 21.3. The number of likely N-dealkylation sites (tertiary alicyclic amines) is 1. The lowest BCUT2D eigenvalue weighted by Crippen LogP contribution is -2.46. The molecule has 5 rings (SSSR count). The number of piperidine rings is 1. The largest absolute Gasteiger partial charge is 0.345 e. The van der Waals surface area contributed by atoms with Gasteiger partial charge in [0.05, 0.1) is 29.0 Å². The molecule has 2 unspecified atom stereocenters. The van der Waals surface area contributed by atoms with Gasteiger partial charge in [0.15, 0.2) is 0 Å². The number of carbonyl (C=O) groups is 1. The van der Waals surface area contributed by atoms with Gasteiger partial charge >= 0.3 is 0 Å². The Hall–Kier alpha value is -3.13. The molecular formula is C21H20N4O. The number of nitrogens with one attached hydrogen (secondary N) is 1. The van der Waals surface area contributed by atoms with Gasteiger partial charge in [-0.05, 0) is 60.7 Å². The first-order chi connectivity index (χ1) is 12.7.